The maximum absolute atomic E-state index is 12.7. The van der Waals surface area contributed by atoms with E-state index in [9.17, 15) is 20.1 Å². The predicted molar refractivity (Wildman–Crippen MR) is 117 cm³/mol. The van der Waals surface area contributed by atoms with Gasteiger partial charge in [0.25, 0.3) is 5.56 Å². The quantitative estimate of drug-likeness (QED) is 0.363. The largest absolute Gasteiger partial charge is 0.394 e. The van der Waals surface area contributed by atoms with Crippen molar-refractivity contribution < 1.29 is 20.1 Å². The summed E-state index contributed by atoms with van der Waals surface area (Å²) in [7, 11) is 0. The van der Waals surface area contributed by atoms with Gasteiger partial charge in [0.2, 0.25) is 0 Å². The number of ether oxygens (including phenoxy) is 1. The van der Waals surface area contributed by atoms with E-state index in [2.05, 4.69) is 10.3 Å². The number of aliphatic hydroxyl groups is 3. The van der Waals surface area contributed by atoms with E-state index < -0.39 is 24.5 Å². The SMILES string of the molecule is Cc1c(-c2ccccc2)c(=O)[nH]c2cc(N[C@H](O)C(C)OC(CO)[C@@H](C)O)ccc12. The van der Waals surface area contributed by atoms with Crippen LogP contribution in [-0.4, -0.2) is 51.5 Å². The molecule has 5 N–H and O–H groups in total. The maximum Gasteiger partial charge on any atom is 0.256 e. The van der Waals surface area contributed by atoms with Gasteiger partial charge in [0.15, 0.2) is 6.23 Å². The van der Waals surface area contributed by atoms with Gasteiger partial charge < -0.3 is 30.4 Å². The molecule has 30 heavy (non-hydrogen) atoms. The highest BCUT2D eigenvalue weighted by atomic mass is 16.5. The van der Waals surface area contributed by atoms with Gasteiger partial charge in [0, 0.05) is 11.1 Å². The number of hydrogen-bond acceptors (Lipinski definition) is 6. The van der Waals surface area contributed by atoms with Gasteiger partial charge in [-0.15, -0.1) is 0 Å². The molecule has 0 saturated heterocycles. The highest BCUT2D eigenvalue weighted by molar-refractivity contribution is 5.90. The van der Waals surface area contributed by atoms with Gasteiger partial charge in [-0.1, -0.05) is 36.4 Å². The Balaban J connectivity index is 1.85. The standard InChI is InChI=1S/C23H28N2O5/c1-13-18-10-9-17(24-22(28)15(3)30-20(12-26)14(2)27)11-19(18)25-23(29)21(13)16-7-5-4-6-8-16/h4-11,14-15,20,22,24,26-28H,12H2,1-3H3,(H,25,29)/t14-,15?,20?,22-/m1/s1. The Bertz CT molecular complexity index is 1050. The lowest BCUT2D eigenvalue weighted by molar-refractivity contribution is -0.114. The van der Waals surface area contributed by atoms with E-state index in [1.807, 2.05) is 49.4 Å². The Morgan fingerprint density at radius 1 is 1.10 bits per heavy atom. The second kappa shape index (κ2) is 9.40. The molecule has 7 nitrogen and oxygen atoms in total. The molecule has 7 heteroatoms. The molecule has 3 aromatic rings. The van der Waals surface area contributed by atoms with E-state index in [0.29, 0.717) is 16.8 Å². The van der Waals surface area contributed by atoms with Crippen molar-refractivity contribution in [2.45, 2.75) is 45.3 Å². The summed E-state index contributed by atoms with van der Waals surface area (Å²) in [6, 6.07) is 15.0. The lowest BCUT2D eigenvalue weighted by Crippen LogP contribution is -2.40. The van der Waals surface area contributed by atoms with Gasteiger partial charge in [-0.25, -0.2) is 0 Å². The molecule has 160 valence electrons. The summed E-state index contributed by atoms with van der Waals surface area (Å²) in [5.74, 6) is 0. The smallest absolute Gasteiger partial charge is 0.256 e. The number of aryl methyl sites for hydroxylation is 1. The van der Waals surface area contributed by atoms with Crippen LogP contribution in [0.3, 0.4) is 0 Å². The van der Waals surface area contributed by atoms with Crippen LogP contribution >= 0.6 is 0 Å². The van der Waals surface area contributed by atoms with Crippen molar-refractivity contribution in [1.82, 2.24) is 4.98 Å². The van der Waals surface area contributed by atoms with E-state index in [1.54, 1.807) is 13.0 Å². The summed E-state index contributed by atoms with van der Waals surface area (Å²) in [5.41, 5.74) is 3.46. The topological polar surface area (TPSA) is 115 Å². The maximum atomic E-state index is 12.7. The van der Waals surface area contributed by atoms with Crippen molar-refractivity contribution >= 4 is 16.6 Å². The van der Waals surface area contributed by atoms with E-state index >= 15 is 0 Å². The minimum Gasteiger partial charge on any atom is -0.394 e. The first-order valence-corrected chi connectivity index (χ1v) is 9.93. The van der Waals surface area contributed by atoms with Crippen molar-refractivity contribution in [3.63, 3.8) is 0 Å². The van der Waals surface area contributed by atoms with Crippen LogP contribution in [0.2, 0.25) is 0 Å². The summed E-state index contributed by atoms with van der Waals surface area (Å²) in [5, 5.41) is 33.1. The molecule has 0 saturated carbocycles. The van der Waals surface area contributed by atoms with E-state index in [0.717, 1.165) is 16.5 Å². The van der Waals surface area contributed by atoms with Gasteiger partial charge in [0.05, 0.1) is 29.9 Å². The number of aromatic nitrogens is 1. The van der Waals surface area contributed by atoms with Gasteiger partial charge in [-0.05, 0) is 44.0 Å². The van der Waals surface area contributed by atoms with Gasteiger partial charge in [-0.2, -0.15) is 0 Å². The first kappa shape index (κ1) is 22.0. The lowest BCUT2D eigenvalue weighted by Gasteiger charge is -2.27. The number of hydrogen-bond donors (Lipinski definition) is 5. The molecule has 0 radical (unpaired) electrons. The zero-order valence-electron chi connectivity index (χ0n) is 17.3. The number of nitrogens with one attached hydrogen (secondary N) is 2. The van der Waals surface area contributed by atoms with Crippen LogP contribution in [0.1, 0.15) is 19.4 Å². The molecule has 1 aromatic heterocycles. The lowest BCUT2D eigenvalue weighted by atomic mass is 9.98. The highest BCUT2D eigenvalue weighted by Gasteiger charge is 2.22. The zero-order valence-corrected chi connectivity index (χ0v) is 17.3. The number of benzene rings is 2. The number of aromatic amines is 1. The van der Waals surface area contributed by atoms with E-state index in [1.165, 1.54) is 6.92 Å². The third-order valence-electron chi connectivity index (χ3n) is 5.20. The van der Waals surface area contributed by atoms with E-state index in [4.69, 9.17) is 4.74 Å². The first-order chi connectivity index (χ1) is 14.3. The average molecular weight is 412 g/mol. The molecular formula is C23H28N2O5. The minimum atomic E-state index is -1.08. The van der Waals surface area contributed by atoms with Crippen LogP contribution in [0.15, 0.2) is 53.3 Å². The normalized spacial score (nSPS) is 15.5. The van der Waals surface area contributed by atoms with Gasteiger partial charge in [0.1, 0.15) is 6.10 Å². The Morgan fingerprint density at radius 3 is 2.43 bits per heavy atom. The minimum absolute atomic E-state index is 0.177. The Morgan fingerprint density at radius 2 is 1.80 bits per heavy atom. The molecule has 0 aliphatic rings. The summed E-state index contributed by atoms with van der Waals surface area (Å²) in [6.45, 7) is 4.72. The van der Waals surface area contributed by atoms with Gasteiger partial charge >= 0.3 is 0 Å². The summed E-state index contributed by atoms with van der Waals surface area (Å²) >= 11 is 0. The zero-order chi connectivity index (χ0) is 21.8. The Kier molecular flexibility index (Phi) is 6.89. The fraction of sp³-hybridized carbons (Fsp3) is 0.348. The molecule has 0 amide bonds. The molecule has 0 spiro atoms. The highest BCUT2D eigenvalue weighted by Crippen LogP contribution is 2.27. The molecular weight excluding hydrogens is 384 g/mol. The van der Waals surface area contributed by atoms with Crippen molar-refractivity contribution in [3.05, 3.63) is 64.4 Å². The fourth-order valence-corrected chi connectivity index (χ4v) is 3.45. The van der Waals surface area contributed by atoms with Crippen molar-refractivity contribution in [3.8, 4) is 11.1 Å². The average Bonchev–Trinajstić information content (AvgIpc) is 2.72. The van der Waals surface area contributed by atoms with Crippen molar-refractivity contribution in [2.24, 2.45) is 0 Å². The van der Waals surface area contributed by atoms with Crippen LogP contribution in [0.4, 0.5) is 5.69 Å². The second-order valence-corrected chi connectivity index (χ2v) is 7.47. The summed E-state index contributed by atoms with van der Waals surface area (Å²) in [6.07, 6.45) is -3.42. The monoisotopic (exact) mass is 412 g/mol. The number of H-pyrrole nitrogens is 1. The summed E-state index contributed by atoms with van der Waals surface area (Å²) in [4.78, 5) is 15.6. The first-order valence-electron chi connectivity index (χ1n) is 9.93. The summed E-state index contributed by atoms with van der Waals surface area (Å²) < 4.78 is 5.52. The van der Waals surface area contributed by atoms with Crippen LogP contribution in [0.25, 0.3) is 22.0 Å². The van der Waals surface area contributed by atoms with Crippen LogP contribution < -0.4 is 10.9 Å². The number of anilines is 1. The van der Waals surface area contributed by atoms with Crippen LogP contribution in [-0.2, 0) is 4.74 Å². The molecule has 4 atom stereocenters. The van der Waals surface area contributed by atoms with Crippen molar-refractivity contribution in [1.29, 1.82) is 0 Å². The number of pyridine rings is 1. The predicted octanol–water partition coefficient (Wildman–Crippen LogP) is 2.38. The van der Waals surface area contributed by atoms with E-state index in [-0.39, 0.29) is 12.2 Å². The molecule has 2 unspecified atom stereocenters. The van der Waals surface area contributed by atoms with Crippen molar-refractivity contribution in [2.75, 3.05) is 11.9 Å². The molecule has 2 aromatic carbocycles. The molecule has 0 fully saturated rings. The molecule has 0 aliphatic carbocycles. The second-order valence-electron chi connectivity index (χ2n) is 7.47. The number of rotatable bonds is 8. The third-order valence-corrected chi connectivity index (χ3v) is 5.20. The third kappa shape index (κ3) is 4.71. The molecule has 1 heterocycles. The molecule has 0 aliphatic heterocycles. The van der Waals surface area contributed by atoms with Crippen LogP contribution in [0, 0.1) is 6.92 Å². The fourth-order valence-electron chi connectivity index (χ4n) is 3.45. The number of fused-ring (bicyclic) bond motifs is 1. The molecule has 3 rings (SSSR count). The van der Waals surface area contributed by atoms with Gasteiger partial charge in [-0.3, -0.25) is 4.79 Å². The molecule has 0 bridgehead atoms. The van der Waals surface area contributed by atoms with Crippen LogP contribution in [0.5, 0.6) is 0 Å². The Labute approximate surface area is 175 Å². The number of aliphatic hydroxyl groups excluding tert-OH is 3. The Hall–Kier alpha value is -2.71.